The maximum Gasteiger partial charge on any atom is 0.255 e. The topological polar surface area (TPSA) is 50.4 Å². The van der Waals surface area contributed by atoms with Crippen LogP contribution in [-0.2, 0) is 6.54 Å². The van der Waals surface area contributed by atoms with E-state index in [0.29, 0.717) is 18.0 Å². The van der Waals surface area contributed by atoms with Crippen molar-refractivity contribution in [2.24, 2.45) is 0 Å². The Labute approximate surface area is 160 Å². The Morgan fingerprint density at radius 1 is 0.964 bits per heavy atom. The molecule has 3 rings (SSSR count). The number of methoxy groups -OCH3 is 1. The molecule has 2 N–H and O–H groups in total. The molecule has 144 valence electrons. The van der Waals surface area contributed by atoms with E-state index in [1.165, 1.54) is 25.3 Å². The fraction of sp³-hybridized carbons (Fsp3) is 0.0952. The van der Waals surface area contributed by atoms with Crippen LogP contribution in [0.1, 0.15) is 15.9 Å². The number of nitrogens with one attached hydrogen (secondary N) is 2. The summed E-state index contributed by atoms with van der Waals surface area (Å²) >= 11 is 0. The summed E-state index contributed by atoms with van der Waals surface area (Å²) in [6.45, 7) is 0.322. The first-order chi connectivity index (χ1) is 13.5. The molecule has 7 heteroatoms. The first-order valence-electron chi connectivity index (χ1n) is 8.39. The summed E-state index contributed by atoms with van der Waals surface area (Å²) in [5, 5.41) is 5.61. The Morgan fingerprint density at radius 2 is 1.79 bits per heavy atom. The number of carbonyl (C=O) groups excluding carboxylic acids is 1. The molecule has 0 saturated carbocycles. The highest BCUT2D eigenvalue weighted by molar-refractivity contribution is 6.05. The first kappa shape index (κ1) is 19.3. The van der Waals surface area contributed by atoms with Crippen LogP contribution in [0.5, 0.6) is 5.75 Å². The zero-order valence-electron chi connectivity index (χ0n) is 14.9. The predicted octanol–water partition coefficient (Wildman–Crippen LogP) is 4.98. The number of amides is 1. The number of hydrogen-bond acceptors (Lipinski definition) is 3. The number of hydrogen-bond donors (Lipinski definition) is 2. The van der Waals surface area contributed by atoms with E-state index in [-0.39, 0.29) is 17.1 Å². The Morgan fingerprint density at radius 3 is 2.50 bits per heavy atom. The van der Waals surface area contributed by atoms with E-state index >= 15 is 0 Å². The van der Waals surface area contributed by atoms with E-state index in [2.05, 4.69) is 10.6 Å². The number of carbonyl (C=O) groups is 1. The molecular formula is C21H17F3N2O2. The average Bonchev–Trinajstić information content (AvgIpc) is 2.69. The minimum Gasteiger partial charge on any atom is -0.495 e. The summed E-state index contributed by atoms with van der Waals surface area (Å²) in [4.78, 5) is 12.4. The van der Waals surface area contributed by atoms with Gasteiger partial charge in [-0.1, -0.05) is 12.1 Å². The fourth-order valence-corrected chi connectivity index (χ4v) is 2.61. The zero-order chi connectivity index (χ0) is 20.1. The molecule has 3 aromatic carbocycles. The molecule has 0 aliphatic heterocycles. The number of ether oxygens (including phenoxy) is 1. The van der Waals surface area contributed by atoms with E-state index < -0.39 is 17.5 Å². The van der Waals surface area contributed by atoms with Crippen molar-refractivity contribution in [2.45, 2.75) is 6.54 Å². The minimum absolute atomic E-state index is 0.133. The summed E-state index contributed by atoms with van der Waals surface area (Å²) in [6, 6.07) is 13.9. The van der Waals surface area contributed by atoms with Crippen LogP contribution in [0, 0.1) is 17.5 Å². The van der Waals surface area contributed by atoms with Crippen LogP contribution in [0.25, 0.3) is 0 Å². The Hall–Kier alpha value is -3.48. The molecule has 0 aliphatic carbocycles. The van der Waals surface area contributed by atoms with Gasteiger partial charge in [0.1, 0.15) is 11.6 Å². The summed E-state index contributed by atoms with van der Waals surface area (Å²) in [6.07, 6.45) is 0. The molecule has 0 heterocycles. The van der Waals surface area contributed by atoms with Crippen LogP contribution in [0.15, 0.2) is 60.7 Å². The Bertz CT molecular complexity index is 1010. The van der Waals surface area contributed by atoms with E-state index in [1.54, 1.807) is 30.3 Å². The molecule has 0 atom stereocenters. The lowest BCUT2D eigenvalue weighted by Gasteiger charge is -2.13. The maximum absolute atomic E-state index is 13.3. The highest BCUT2D eigenvalue weighted by Gasteiger charge is 2.12. The molecule has 0 aromatic heterocycles. The number of halogens is 3. The van der Waals surface area contributed by atoms with Gasteiger partial charge in [-0.15, -0.1) is 0 Å². The summed E-state index contributed by atoms with van der Waals surface area (Å²) in [7, 11) is 1.49. The van der Waals surface area contributed by atoms with Crippen molar-refractivity contribution in [3.05, 3.63) is 89.2 Å². The highest BCUT2D eigenvalue weighted by atomic mass is 19.2. The van der Waals surface area contributed by atoms with Gasteiger partial charge in [0.25, 0.3) is 5.91 Å². The van der Waals surface area contributed by atoms with Gasteiger partial charge in [0.2, 0.25) is 0 Å². The SMILES string of the molecule is COc1ccc(C(=O)Nc2ccc(F)c(F)c2)cc1NCc1cccc(F)c1. The van der Waals surface area contributed by atoms with Crippen molar-refractivity contribution in [2.75, 3.05) is 17.7 Å². The third-order valence-corrected chi connectivity index (χ3v) is 4.01. The number of rotatable bonds is 6. The molecular weight excluding hydrogens is 369 g/mol. The second kappa shape index (κ2) is 8.47. The van der Waals surface area contributed by atoms with Crippen LogP contribution in [0.2, 0.25) is 0 Å². The molecule has 0 spiro atoms. The molecule has 0 aliphatic rings. The fourth-order valence-electron chi connectivity index (χ4n) is 2.61. The van der Waals surface area contributed by atoms with Crippen molar-refractivity contribution in [1.82, 2.24) is 0 Å². The Kier molecular flexibility index (Phi) is 5.84. The lowest BCUT2D eigenvalue weighted by molar-refractivity contribution is 0.102. The summed E-state index contributed by atoms with van der Waals surface area (Å²) in [5.41, 5.74) is 1.67. The molecule has 0 unspecified atom stereocenters. The van der Waals surface area contributed by atoms with Crippen molar-refractivity contribution >= 4 is 17.3 Å². The van der Waals surface area contributed by atoms with Crippen LogP contribution in [0.3, 0.4) is 0 Å². The molecule has 1 amide bonds. The van der Waals surface area contributed by atoms with Crippen LogP contribution >= 0.6 is 0 Å². The second-order valence-electron chi connectivity index (χ2n) is 5.98. The van der Waals surface area contributed by atoms with Gasteiger partial charge in [0.05, 0.1) is 12.8 Å². The minimum atomic E-state index is -1.05. The van der Waals surface area contributed by atoms with Crippen molar-refractivity contribution in [3.8, 4) is 5.75 Å². The maximum atomic E-state index is 13.3. The molecule has 0 fully saturated rings. The first-order valence-corrected chi connectivity index (χ1v) is 8.39. The molecule has 0 saturated heterocycles. The monoisotopic (exact) mass is 386 g/mol. The van der Waals surface area contributed by atoms with Gasteiger partial charge in [0, 0.05) is 23.9 Å². The van der Waals surface area contributed by atoms with Gasteiger partial charge in [-0.3, -0.25) is 4.79 Å². The van der Waals surface area contributed by atoms with Crippen molar-refractivity contribution in [1.29, 1.82) is 0 Å². The van der Waals surface area contributed by atoms with Crippen LogP contribution in [-0.4, -0.2) is 13.0 Å². The van der Waals surface area contributed by atoms with Gasteiger partial charge >= 0.3 is 0 Å². The molecule has 28 heavy (non-hydrogen) atoms. The van der Waals surface area contributed by atoms with Gasteiger partial charge in [-0.25, -0.2) is 13.2 Å². The number of anilines is 2. The molecule has 0 bridgehead atoms. The number of benzene rings is 3. The van der Waals surface area contributed by atoms with Crippen LogP contribution in [0.4, 0.5) is 24.5 Å². The summed E-state index contributed by atoms with van der Waals surface area (Å²) in [5.74, 6) is -2.38. The smallest absolute Gasteiger partial charge is 0.255 e. The van der Waals surface area contributed by atoms with Gasteiger partial charge in [0.15, 0.2) is 11.6 Å². The van der Waals surface area contributed by atoms with Crippen LogP contribution < -0.4 is 15.4 Å². The van der Waals surface area contributed by atoms with Crippen molar-refractivity contribution in [3.63, 3.8) is 0 Å². The highest BCUT2D eigenvalue weighted by Crippen LogP contribution is 2.27. The molecule has 0 radical (unpaired) electrons. The van der Waals surface area contributed by atoms with E-state index in [1.807, 2.05) is 0 Å². The van der Waals surface area contributed by atoms with Gasteiger partial charge in [-0.2, -0.15) is 0 Å². The molecule has 3 aromatic rings. The second-order valence-corrected chi connectivity index (χ2v) is 5.98. The standard InChI is InChI=1S/C21H17F3N2O2/c1-28-20-8-5-14(21(27)26-16-6-7-17(23)18(24)11-16)10-19(20)25-12-13-3-2-4-15(22)9-13/h2-11,25H,12H2,1H3,(H,26,27). The quantitative estimate of drug-likeness (QED) is 0.628. The lowest BCUT2D eigenvalue weighted by atomic mass is 10.1. The largest absolute Gasteiger partial charge is 0.495 e. The van der Waals surface area contributed by atoms with Gasteiger partial charge < -0.3 is 15.4 Å². The van der Waals surface area contributed by atoms with E-state index in [9.17, 15) is 18.0 Å². The predicted molar refractivity (Wildman–Crippen MR) is 101 cm³/mol. The van der Waals surface area contributed by atoms with E-state index in [4.69, 9.17) is 4.74 Å². The van der Waals surface area contributed by atoms with Crippen molar-refractivity contribution < 1.29 is 22.7 Å². The Balaban J connectivity index is 1.77. The third-order valence-electron chi connectivity index (χ3n) is 4.01. The average molecular weight is 386 g/mol. The van der Waals surface area contributed by atoms with Gasteiger partial charge in [-0.05, 0) is 48.0 Å². The lowest BCUT2D eigenvalue weighted by Crippen LogP contribution is -2.13. The van der Waals surface area contributed by atoms with E-state index in [0.717, 1.165) is 17.7 Å². The molecule has 4 nitrogen and oxygen atoms in total. The zero-order valence-corrected chi connectivity index (χ0v) is 14.9. The summed E-state index contributed by atoms with van der Waals surface area (Å²) < 4.78 is 44.9. The third kappa shape index (κ3) is 4.62. The normalized spacial score (nSPS) is 10.4.